The van der Waals surface area contributed by atoms with E-state index in [1.165, 1.54) is 32.8 Å². The summed E-state index contributed by atoms with van der Waals surface area (Å²) >= 11 is 0. The van der Waals surface area contributed by atoms with Crippen molar-refractivity contribution in [2.45, 2.75) is 70.8 Å². The molecule has 0 aliphatic carbocycles. The molecular weight excluding hydrogens is 300 g/mol. The Kier molecular flexibility index (Phi) is 16.5. The zero-order valence-corrected chi connectivity index (χ0v) is 15.3. The molecule has 0 spiro atoms. The second-order valence-corrected chi connectivity index (χ2v) is 5.76. The van der Waals surface area contributed by atoms with Crippen molar-refractivity contribution in [1.82, 2.24) is 0 Å². The van der Waals surface area contributed by atoms with E-state index in [0.29, 0.717) is 19.3 Å². The minimum absolute atomic E-state index is 0.228. The van der Waals surface area contributed by atoms with Gasteiger partial charge in [-0.3, -0.25) is 4.79 Å². The quantitative estimate of drug-likeness (QED) is 0.203. The van der Waals surface area contributed by atoms with Crippen LogP contribution in [0.3, 0.4) is 0 Å². The van der Waals surface area contributed by atoms with Crippen LogP contribution < -0.4 is 0 Å². The molecular formula is C21H34O3. The maximum atomic E-state index is 10.9. The Morgan fingerprint density at radius 2 is 1.71 bits per heavy atom. The minimum atomic E-state index is -0.507. The summed E-state index contributed by atoms with van der Waals surface area (Å²) < 4.78 is 4.55. The lowest BCUT2D eigenvalue weighted by atomic mass is 10.1. The van der Waals surface area contributed by atoms with Gasteiger partial charge in [-0.25, -0.2) is 0 Å². The topological polar surface area (TPSA) is 46.5 Å². The van der Waals surface area contributed by atoms with Gasteiger partial charge in [-0.1, -0.05) is 68.4 Å². The van der Waals surface area contributed by atoms with Crippen molar-refractivity contribution in [1.29, 1.82) is 0 Å². The molecule has 0 aliphatic rings. The Balaban J connectivity index is 3.62. The van der Waals surface area contributed by atoms with Crippen molar-refractivity contribution in [3.8, 4) is 0 Å². The van der Waals surface area contributed by atoms with Crippen molar-refractivity contribution in [3.63, 3.8) is 0 Å². The number of methoxy groups -OCH3 is 1. The van der Waals surface area contributed by atoms with Gasteiger partial charge in [0.1, 0.15) is 0 Å². The molecule has 0 rings (SSSR count). The summed E-state index contributed by atoms with van der Waals surface area (Å²) in [6.45, 7) is 2.22. The molecule has 0 aliphatic heterocycles. The Morgan fingerprint density at radius 1 is 1.00 bits per heavy atom. The van der Waals surface area contributed by atoms with Gasteiger partial charge in [-0.2, -0.15) is 0 Å². The molecule has 1 atom stereocenters. The molecule has 0 amide bonds. The lowest BCUT2D eigenvalue weighted by Crippen LogP contribution is -2.05. The predicted molar refractivity (Wildman–Crippen MR) is 102 cm³/mol. The molecule has 0 fully saturated rings. The molecule has 0 heterocycles. The van der Waals surface area contributed by atoms with Crippen LogP contribution in [0.2, 0.25) is 0 Å². The third-order valence-electron chi connectivity index (χ3n) is 3.54. The van der Waals surface area contributed by atoms with Gasteiger partial charge in [-0.05, 0) is 38.5 Å². The Hall–Kier alpha value is -1.61. The number of hydrogen-bond acceptors (Lipinski definition) is 3. The number of aliphatic hydroxyl groups is 1. The molecule has 3 nitrogen and oxygen atoms in total. The van der Waals surface area contributed by atoms with Gasteiger partial charge in [0.25, 0.3) is 0 Å². The first-order valence-corrected chi connectivity index (χ1v) is 9.08. The van der Waals surface area contributed by atoms with Crippen LogP contribution in [0.5, 0.6) is 0 Å². The number of allylic oxidation sites excluding steroid dienone is 7. The molecule has 0 bridgehead atoms. The van der Waals surface area contributed by atoms with Gasteiger partial charge in [0, 0.05) is 6.42 Å². The standard InChI is InChI=1S/C21H34O3/c1-3-4-5-6-7-8-9-10-11-12-13-14-15-17-20(22)18-16-19-21(23)24-2/h7-8,10-11,13-15,17,20,22H,3-6,9,12,16,18-19H2,1-2H3/b8-7-,11-10-,14-13-,17-15+. The maximum Gasteiger partial charge on any atom is 0.305 e. The lowest BCUT2D eigenvalue weighted by Gasteiger charge is -2.03. The van der Waals surface area contributed by atoms with Crippen LogP contribution in [0, 0.1) is 0 Å². The fourth-order valence-electron chi connectivity index (χ4n) is 2.08. The minimum Gasteiger partial charge on any atom is -0.469 e. The van der Waals surface area contributed by atoms with E-state index in [4.69, 9.17) is 0 Å². The average Bonchev–Trinajstić information content (AvgIpc) is 2.58. The Morgan fingerprint density at radius 3 is 2.42 bits per heavy atom. The van der Waals surface area contributed by atoms with E-state index >= 15 is 0 Å². The molecule has 0 aromatic heterocycles. The van der Waals surface area contributed by atoms with Crippen molar-refractivity contribution in [2.24, 2.45) is 0 Å². The van der Waals surface area contributed by atoms with Crippen LogP contribution in [-0.2, 0) is 9.53 Å². The lowest BCUT2D eigenvalue weighted by molar-refractivity contribution is -0.140. The van der Waals surface area contributed by atoms with E-state index in [1.54, 1.807) is 6.08 Å². The van der Waals surface area contributed by atoms with Gasteiger partial charge in [0.15, 0.2) is 0 Å². The highest BCUT2D eigenvalue weighted by Gasteiger charge is 2.02. The summed E-state index contributed by atoms with van der Waals surface area (Å²) in [6, 6.07) is 0. The summed E-state index contributed by atoms with van der Waals surface area (Å²) in [7, 11) is 1.38. The zero-order chi connectivity index (χ0) is 17.9. The van der Waals surface area contributed by atoms with Gasteiger partial charge in [0.05, 0.1) is 13.2 Å². The average molecular weight is 335 g/mol. The SMILES string of the molecule is CCCCC/C=C\C/C=C\C/C=C\C=C\C(O)CCCC(=O)OC. The monoisotopic (exact) mass is 334 g/mol. The van der Waals surface area contributed by atoms with E-state index in [2.05, 4.69) is 42.0 Å². The van der Waals surface area contributed by atoms with E-state index < -0.39 is 6.10 Å². The molecule has 3 heteroatoms. The third-order valence-corrected chi connectivity index (χ3v) is 3.54. The summed E-state index contributed by atoms with van der Waals surface area (Å²) in [5.74, 6) is -0.228. The summed E-state index contributed by atoms with van der Waals surface area (Å²) in [5, 5.41) is 9.72. The smallest absolute Gasteiger partial charge is 0.305 e. The third kappa shape index (κ3) is 16.8. The Labute approximate surface area is 147 Å². The van der Waals surface area contributed by atoms with Gasteiger partial charge < -0.3 is 9.84 Å². The van der Waals surface area contributed by atoms with Crippen LogP contribution in [-0.4, -0.2) is 24.3 Å². The van der Waals surface area contributed by atoms with Crippen molar-refractivity contribution in [3.05, 3.63) is 48.6 Å². The van der Waals surface area contributed by atoms with Crippen molar-refractivity contribution < 1.29 is 14.6 Å². The molecule has 0 aromatic rings. The fraction of sp³-hybridized carbons (Fsp3) is 0.571. The van der Waals surface area contributed by atoms with Gasteiger partial charge in [-0.15, -0.1) is 0 Å². The summed E-state index contributed by atoms with van der Waals surface area (Å²) in [4.78, 5) is 10.9. The number of hydrogen-bond donors (Lipinski definition) is 1. The second-order valence-electron chi connectivity index (χ2n) is 5.76. The largest absolute Gasteiger partial charge is 0.469 e. The van der Waals surface area contributed by atoms with Gasteiger partial charge in [0.2, 0.25) is 0 Å². The number of carbonyl (C=O) groups is 1. The van der Waals surface area contributed by atoms with Crippen LogP contribution >= 0.6 is 0 Å². The van der Waals surface area contributed by atoms with Crippen LogP contribution in [0.1, 0.15) is 64.7 Å². The normalized spacial score (nSPS) is 13.6. The zero-order valence-electron chi connectivity index (χ0n) is 15.3. The van der Waals surface area contributed by atoms with E-state index in [1.807, 2.05) is 12.2 Å². The number of esters is 1. The van der Waals surface area contributed by atoms with Crippen LogP contribution in [0.25, 0.3) is 0 Å². The van der Waals surface area contributed by atoms with E-state index in [9.17, 15) is 9.90 Å². The highest BCUT2D eigenvalue weighted by Crippen LogP contribution is 2.03. The Bertz CT molecular complexity index is 405. The molecule has 24 heavy (non-hydrogen) atoms. The fourth-order valence-corrected chi connectivity index (χ4v) is 2.08. The van der Waals surface area contributed by atoms with Gasteiger partial charge >= 0.3 is 5.97 Å². The first-order chi connectivity index (χ1) is 11.7. The van der Waals surface area contributed by atoms with E-state index in [-0.39, 0.29) is 5.97 Å². The molecule has 136 valence electrons. The molecule has 1 N–H and O–H groups in total. The van der Waals surface area contributed by atoms with Crippen molar-refractivity contribution in [2.75, 3.05) is 7.11 Å². The van der Waals surface area contributed by atoms with Crippen molar-refractivity contribution >= 4 is 5.97 Å². The number of rotatable bonds is 14. The molecule has 0 saturated carbocycles. The first-order valence-electron chi connectivity index (χ1n) is 9.08. The van der Waals surface area contributed by atoms with Crippen LogP contribution in [0.15, 0.2) is 48.6 Å². The number of unbranched alkanes of at least 4 members (excludes halogenated alkanes) is 3. The molecule has 0 aromatic carbocycles. The number of ether oxygens (including phenoxy) is 1. The molecule has 0 saturated heterocycles. The van der Waals surface area contributed by atoms with Crippen LogP contribution in [0.4, 0.5) is 0 Å². The molecule has 1 unspecified atom stereocenters. The number of aliphatic hydroxyl groups excluding tert-OH is 1. The second kappa shape index (κ2) is 17.7. The first kappa shape index (κ1) is 22.4. The highest BCUT2D eigenvalue weighted by molar-refractivity contribution is 5.68. The summed E-state index contributed by atoms with van der Waals surface area (Å²) in [5.41, 5.74) is 0. The highest BCUT2D eigenvalue weighted by atomic mass is 16.5. The number of carbonyl (C=O) groups excluding carboxylic acids is 1. The maximum absolute atomic E-state index is 10.9. The molecule has 0 radical (unpaired) electrons. The van der Waals surface area contributed by atoms with E-state index in [0.717, 1.165) is 12.8 Å². The summed E-state index contributed by atoms with van der Waals surface area (Å²) in [6.07, 6.45) is 24.4. The predicted octanol–water partition coefficient (Wildman–Crippen LogP) is 5.28.